The van der Waals surface area contributed by atoms with Crippen molar-refractivity contribution in [1.29, 1.82) is 5.26 Å². The Labute approximate surface area is 125 Å². The van der Waals surface area contributed by atoms with Crippen LogP contribution in [0.1, 0.15) is 24.1 Å². The van der Waals surface area contributed by atoms with Gasteiger partial charge in [0.05, 0.1) is 21.8 Å². The van der Waals surface area contributed by atoms with Crippen LogP contribution in [0, 0.1) is 17.1 Å². The highest BCUT2D eigenvalue weighted by Crippen LogP contribution is 2.25. The zero-order chi connectivity index (χ0) is 14.8. The largest absolute Gasteiger partial charge is 0.378 e. The van der Waals surface area contributed by atoms with Gasteiger partial charge in [-0.15, -0.1) is 11.3 Å². The Morgan fingerprint density at radius 3 is 3.00 bits per heavy atom. The van der Waals surface area contributed by atoms with Crippen molar-refractivity contribution in [1.82, 2.24) is 4.98 Å². The van der Waals surface area contributed by atoms with E-state index in [-0.39, 0.29) is 11.6 Å². The van der Waals surface area contributed by atoms with E-state index in [1.54, 1.807) is 17.4 Å². The SMILES string of the molecule is CC(Nc1ccc(F)c(C#N)c1)c1cnc2ccsc2c1. The molecular formula is C16H12FN3S. The maximum atomic E-state index is 13.3. The number of nitrogens with one attached hydrogen (secondary N) is 1. The summed E-state index contributed by atoms with van der Waals surface area (Å²) in [6.45, 7) is 2.01. The fraction of sp³-hybridized carbons (Fsp3) is 0.125. The van der Waals surface area contributed by atoms with Gasteiger partial charge in [-0.25, -0.2) is 4.39 Å². The number of pyridine rings is 1. The summed E-state index contributed by atoms with van der Waals surface area (Å²) in [6, 6.07) is 10.4. The fourth-order valence-corrected chi connectivity index (χ4v) is 2.92. The van der Waals surface area contributed by atoms with Crippen molar-refractivity contribution in [3.8, 4) is 6.07 Å². The molecule has 0 fully saturated rings. The van der Waals surface area contributed by atoms with Crippen molar-refractivity contribution in [2.45, 2.75) is 13.0 Å². The summed E-state index contributed by atoms with van der Waals surface area (Å²) in [4.78, 5) is 4.41. The number of aromatic nitrogens is 1. The van der Waals surface area contributed by atoms with E-state index >= 15 is 0 Å². The standard InChI is InChI=1S/C16H12FN3S/c1-10(12-7-16-15(19-9-12)4-5-21-16)20-13-2-3-14(17)11(6-13)8-18/h2-7,9-10,20H,1H3. The molecule has 1 unspecified atom stereocenters. The average Bonchev–Trinajstić information content (AvgIpc) is 2.96. The third kappa shape index (κ3) is 2.71. The number of fused-ring (bicyclic) bond motifs is 1. The van der Waals surface area contributed by atoms with Gasteiger partial charge in [-0.2, -0.15) is 5.26 Å². The predicted octanol–water partition coefficient (Wildman–Crippen LogP) is 4.48. The van der Waals surface area contributed by atoms with E-state index in [0.717, 1.165) is 15.8 Å². The number of hydrogen-bond donors (Lipinski definition) is 1. The van der Waals surface area contributed by atoms with Gasteiger partial charge in [-0.1, -0.05) is 0 Å². The molecule has 0 bridgehead atoms. The highest BCUT2D eigenvalue weighted by molar-refractivity contribution is 7.17. The molecule has 2 aromatic heterocycles. The lowest BCUT2D eigenvalue weighted by molar-refractivity contribution is 0.624. The molecule has 0 saturated heterocycles. The van der Waals surface area contributed by atoms with E-state index in [0.29, 0.717) is 5.69 Å². The molecule has 0 aliphatic carbocycles. The van der Waals surface area contributed by atoms with Gasteiger partial charge >= 0.3 is 0 Å². The smallest absolute Gasteiger partial charge is 0.141 e. The van der Waals surface area contributed by atoms with Crippen LogP contribution >= 0.6 is 11.3 Å². The Balaban J connectivity index is 1.85. The van der Waals surface area contributed by atoms with Crippen LogP contribution < -0.4 is 5.32 Å². The molecule has 0 aliphatic rings. The van der Waals surface area contributed by atoms with Crippen molar-refractivity contribution in [2.75, 3.05) is 5.32 Å². The zero-order valence-corrected chi connectivity index (χ0v) is 12.1. The quantitative estimate of drug-likeness (QED) is 0.775. The molecular weight excluding hydrogens is 285 g/mol. The molecule has 0 radical (unpaired) electrons. The molecule has 0 amide bonds. The molecule has 0 aliphatic heterocycles. The molecule has 0 spiro atoms. The highest BCUT2D eigenvalue weighted by atomic mass is 32.1. The normalized spacial score (nSPS) is 12.0. The Kier molecular flexibility index (Phi) is 3.55. The summed E-state index contributed by atoms with van der Waals surface area (Å²) in [6.07, 6.45) is 1.83. The van der Waals surface area contributed by atoms with Crippen LogP contribution in [0.4, 0.5) is 10.1 Å². The van der Waals surface area contributed by atoms with Gasteiger partial charge in [0.15, 0.2) is 0 Å². The maximum absolute atomic E-state index is 13.3. The molecule has 21 heavy (non-hydrogen) atoms. The number of anilines is 1. The molecule has 3 aromatic rings. The number of nitrogens with zero attached hydrogens (tertiary/aromatic N) is 2. The van der Waals surface area contributed by atoms with Gasteiger partial charge in [-0.3, -0.25) is 4.98 Å². The minimum atomic E-state index is -0.502. The topological polar surface area (TPSA) is 48.7 Å². The Morgan fingerprint density at radius 2 is 2.19 bits per heavy atom. The first-order chi connectivity index (χ1) is 10.2. The number of nitriles is 1. The van der Waals surface area contributed by atoms with Crippen molar-refractivity contribution < 1.29 is 4.39 Å². The van der Waals surface area contributed by atoms with E-state index in [4.69, 9.17) is 5.26 Å². The number of benzene rings is 1. The third-order valence-corrected chi connectivity index (χ3v) is 4.15. The van der Waals surface area contributed by atoms with Crippen molar-refractivity contribution in [2.24, 2.45) is 0 Å². The second-order valence-corrected chi connectivity index (χ2v) is 5.69. The molecule has 3 rings (SSSR count). The Hall–Kier alpha value is -2.45. The van der Waals surface area contributed by atoms with Gasteiger partial charge in [-0.05, 0) is 48.2 Å². The second-order valence-electron chi connectivity index (χ2n) is 4.75. The van der Waals surface area contributed by atoms with Gasteiger partial charge in [0.2, 0.25) is 0 Å². The monoisotopic (exact) mass is 297 g/mol. The van der Waals surface area contributed by atoms with Gasteiger partial charge < -0.3 is 5.32 Å². The summed E-state index contributed by atoms with van der Waals surface area (Å²) < 4.78 is 14.4. The minimum absolute atomic E-state index is 0.0148. The van der Waals surface area contributed by atoms with Crippen LogP contribution in [0.25, 0.3) is 10.2 Å². The van der Waals surface area contributed by atoms with Gasteiger partial charge in [0.1, 0.15) is 11.9 Å². The van der Waals surface area contributed by atoms with Crippen LogP contribution in [-0.2, 0) is 0 Å². The van der Waals surface area contributed by atoms with Crippen molar-refractivity contribution >= 4 is 27.2 Å². The predicted molar refractivity (Wildman–Crippen MR) is 82.8 cm³/mol. The lowest BCUT2D eigenvalue weighted by Crippen LogP contribution is -2.07. The van der Waals surface area contributed by atoms with E-state index in [9.17, 15) is 4.39 Å². The first kappa shape index (κ1) is 13.5. The Morgan fingerprint density at radius 1 is 1.33 bits per heavy atom. The van der Waals surface area contributed by atoms with Gasteiger partial charge in [0.25, 0.3) is 0 Å². The second kappa shape index (κ2) is 5.51. The summed E-state index contributed by atoms with van der Waals surface area (Å²) in [7, 11) is 0. The van der Waals surface area contributed by atoms with Gasteiger partial charge in [0, 0.05) is 11.9 Å². The summed E-state index contributed by atoms with van der Waals surface area (Å²) in [5, 5.41) is 14.1. The molecule has 1 N–H and O–H groups in total. The first-order valence-corrected chi connectivity index (χ1v) is 7.34. The number of hydrogen-bond acceptors (Lipinski definition) is 4. The van der Waals surface area contributed by atoms with E-state index in [1.807, 2.05) is 30.6 Å². The average molecular weight is 297 g/mol. The molecule has 5 heteroatoms. The third-order valence-electron chi connectivity index (χ3n) is 3.29. The van der Waals surface area contributed by atoms with Crippen LogP contribution in [0.5, 0.6) is 0 Å². The fourth-order valence-electron chi connectivity index (χ4n) is 2.13. The molecule has 1 aromatic carbocycles. The molecule has 1 atom stereocenters. The maximum Gasteiger partial charge on any atom is 0.141 e. The first-order valence-electron chi connectivity index (χ1n) is 6.46. The van der Waals surface area contributed by atoms with E-state index in [1.165, 1.54) is 12.1 Å². The van der Waals surface area contributed by atoms with Crippen molar-refractivity contribution in [3.63, 3.8) is 0 Å². The Bertz CT molecular complexity index is 835. The molecule has 104 valence electrons. The number of rotatable bonds is 3. The zero-order valence-electron chi connectivity index (χ0n) is 11.3. The van der Waals surface area contributed by atoms with E-state index in [2.05, 4.69) is 16.4 Å². The molecule has 0 saturated carbocycles. The van der Waals surface area contributed by atoms with Crippen LogP contribution in [0.2, 0.25) is 0 Å². The van der Waals surface area contributed by atoms with Crippen LogP contribution in [-0.4, -0.2) is 4.98 Å². The summed E-state index contributed by atoms with van der Waals surface area (Å²) >= 11 is 1.65. The summed E-state index contributed by atoms with van der Waals surface area (Å²) in [5.41, 5.74) is 2.79. The van der Waals surface area contributed by atoms with E-state index < -0.39 is 5.82 Å². The lowest BCUT2D eigenvalue weighted by Gasteiger charge is -2.15. The number of halogens is 1. The number of thiophene rings is 1. The lowest BCUT2D eigenvalue weighted by atomic mass is 10.1. The van der Waals surface area contributed by atoms with Crippen molar-refractivity contribution in [3.05, 3.63) is 58.9 Å². The molecule has 3 nitrogen and oxygen atoms in total. The van der Waals surface area contributed by atoms with Crippen LogP contribution in [0.15, 0.2) is 41.9 Å². The highest BCUT2D eigenvalue weighted by Gasteiger charge is 2.09. The molecule has 2 heterocycles. The summed E-state index contributed by atoms with van der Waals surface area (Å²) in [5.74, 6) is -0.502. The minimum Gasteiger partial charge on any atom is -0.378 e. The van der Waals surface area contributed by atoms with Crippen LogP contribution in [0.3, 0.4) is 0 Å².